The van der Waals surface area contributed by atoms with E-state index in [-0.39, 0.29) is 12.5 Å². The van der Waals surface area contributed by atoms with Gasteiger partial charge < -0.3 is 10.8 Å². The predicted octanol–water partition coefficient (Wildman–Crippen LogP) is 2.64. The minimum absolute atomic E-state index is 0.268. The maximum absolute atomic E-state index is 10.9. The molecule has 0 aromatic rings. The summed E-state index contributed by atoms with van der Waals surface area (Å²) in [4.78, 5) is 10.9. The molecule has 0 unspecified atom stereocenters. The van der Waals surface area contributed by atoms with Gasteiger partial charge >= 0.3 is 5.97 Å². The first-order valence-corrected chi connectivity index (χ1v) is 6.56. The molecule has 1 fully saturated rings. The molecule has 3 nitrogen and oxygen atoms in total. The largest absolute Gasteiger partial charge is 0.481 e. The average Bonchev–Trinajstić information content (AvgIpc) is 2.27. The minimum atomic E-state index is -0.738. The second-order valence-corrected chi connectivity index (χ2v) is 5.35. The number of carboxylic acids is 1. The van der Waals surface area contributed by atoms with Gasteiger partial charge in [0.25, 0.3) is 0 Å². The molecule has 94 valence electrons. The zero-order valence-electron chi connectivity index (χ0n) is 10.3. The number of nitrogens with two attached hydrogens (primary N) is 1. The Morgan fingerprint density at radius 3 is 2.50 bits per heavy atom. The molecule has 0 aliphatic heterocycles. The van der Waals surface area contributed by atoms with Crippen LogP contribution in [0, 0.1) is 17.8 Å². The van der Waals surface area contributed by atoms with Gasteiger partial charge in [0.15, 0.2) is 0 Å². The van der Waals surface area contributed by atoms with Crippen LogP contribution < -0.4 is 5.73 Å². The number of hydrogen-bond donors (Lipinski definition) is 2. The molecule has 0 heterocycles. The van der Waals surface area contributed by atoms with E-state index in [0.717, 1.165) is 12.3 Å². The van der Waals surface area contributed by atoms with E-state index in [1.54, 1.807) is 0 Å². The lowest BCUT2D eigenvalue weighted by Gasteiger charge is -2.25. The third-order valence-electron chi connectivity index (χ3n) is 3.78. The summed E-state index contributed by atoms with van der Waals surface area (Å²) in [5.41, 5.74) is 5.47. The Balaban J connectivity index is 2.27. The zero-order valence-corrected chi connectivity index (χ0v) is 10.3. The van der Waals surface area contributed by atoms with Crippen molar-refractivity contribution in [2.75, 3.05) is 6.54 Å². The molecule has 0 radical (unpaired) electrons. The van der Waals surface area contributed by atoms with Crippen molar-refractivity contribution >= 4 is 5.97 Å². The Bertz CT molecular complexity index is 212. The highest BCUT2D eigenvalue weighted by Gasteiger charge is 2.22. The molecular weight excluding hydrogens is 202 g/mol. The van der Waals surface area contributed by atoms with Gasteiger partial charge in [-0.2, -0.15) is 0 Å². The molecule has 0 aromatic heterocycles. The van der Waals surface area contributed by atoms with E-state index in [0.29, 0.717) is 5.92 Å². The van der Waals surface area contributed by atoms with E-state index >= 15 is 0 Å². The van der Waals surface area contributed by atoms with E-state index in [9.17, 15) is 4.79 Å². The van der Waals surface area contributed by atoms with Gasteiger partial charge in [-0.3, -0.25) is 4.79 Å². The normalized spacial score (nSPS) is 21.6. The fraction of sp³-hybridized carbons (Fsp3) is 0.923. The maximum atomic E-state index is 10.9. The van der Waals surface area contributed by atoms with Crippen molar-refractivity contribution in [3.05, 3.63) is 0 Å². The third-order valence-corrected chi connectivity index (χ3v) is 3.78. The first kappa shape index (κ1) is 13.5. The van der Waals surface area contributed by atoms with Crippen molar-refractivity contribution in [3.8, 4) is 0 Å². The van der Waals surface area contributed by atoms with Crippen LogP contribution in [0.4, 0.5) is 0 Å². The molecule has 0 bridgehead atoms. The van der Waals surface area contributed by atoms with Gasteiger partial charge in [-0.15, -0.1) is 0 Å². The fourth-order valence-corrected chi connectivity index (χ4v) is 2.87. The Labute approximate surface area is 98.4 Å². The second-order valence-electron chi connectivity index (χ2n) is 5.35. The molecule has 0 amide bonds. The summed E-state index contributed by atoms with van der Waals surface area (Å²) in [6, 6.07) is 0. The highest BCUT2D eigenvalue weighted by Crippen LogP contribution is 2.30. The number of rotatable bonds is 6. The number of carbonyl (C=O) groups is 1. The van der Waals surface area contributed by atoms with Crippen molar-refractivity contribution < 1.29 is 9.90 Å². The van der Waals surface area contributed by atoms with Gasteiger partial charge in [0.1, 0.15) is 0 Å². The molecule has 1 aliphatic carbocycles. The molecule has 1 saturated carbocycles. The van der Waals surface area contributed by atoms with E-state index in [1.807, 2.05) is 0 Å². The quantitative estimate of drug-likeness (QED) is 0.733. The first-order valence-electron chi connectivity index (χ1n) is 6.56. The molecule has 2 atom stereocenters. The number of hydrogen-bond acceptors (Lipinski definition) is 2. The van der Waals surface area contributed by atoms with Gasteiger partial charge in [0.05, 0.1) is 5.92 Å². The molecule has 3 N–H and O–H groups in total. The van der Waals surface area contributed by atoms with Gasteiger partial charge in [-0.05, 0) is 24.7 Å². The highest BCUT2D eigenvalue weighted by molar-refractivity contribution is 5.70. The summed E-state index contributed by atoms with van der Waals surface area (Å²) in [5, 5.41) is 8.95. The summed E-state index contributed by atoms with van der Waals surface area (Å²) < 4.78 is 0. The summed E-state index contributed by atoms with van der Waals surface area (Å²) in [5.74, 6) is 0.236. The van der Waals surface area contributed by atoms with Gasteiger partial charge in [0, 0.05) is 6.54 Å². The van der Waals surface area contributed by atoms with E-state index in [4.69, 9.17) is 10.8 Å². The monoisotopic (exact) mass is 227 g/mol. The lowest BCUT2D eigenvalue weighted by molar-refractivity contribution is -0.142. The van der Waals surface area contributed by atoms with Crippen LogP contribution in [0.3, 0.4) is 0 Å². The molecule has 16 heavy (non-hydrogen) atoms. The van der Waals surface area contributed by atoms with Crippen LogP contribution in [0.1, 0.15) is 51.9 Å². The molecular formula is C13H25NO2. The summed E-state index contributed by atoms with van der Waals surface area (Å²) >= 11 is 0. The Morgan fingerprint density at radius 2 is 2.00 bits per heavy atom. The number of carboxylic acid groups (broad SMARTS) is 1. The SMILES string of the molecule is C[C@H](CC1CCCCC1)C[C@H](CN)C(=O)O. The maximum Gasteiger partial charge on any atom is 0.307 e. The molecule has 0 aromatic carbocycles. The van der Waals surface area contributed by atoms with Crippen LogP contribution in [0.5, 0.6) is 0 Å². The van der Waals surface area contributed by atoms with Gasteiger partial charge in [-0.25, -0.2) is 0 Å². The molecule has 1 rings (SSSR count). The van der Waals surface area contributed by atoms with Crippen molar-refractivity contribution in [1.29, 1.82) is 0 Å². The second kappa shape index (κ2) is 6.89. The van der Waals surface area contributed by atoms with Crippen molar-refractivity contribution in [3.63, 3.8) is 0 Å². The van der Waals surface area contributed by atoms with Crippen LogP contribution in [0.2, 0.25) is 0 Å². The first-order chi connectivity index (χ1) is 7.63. The van der Waals surface area contributed by atoms with E-state index in [1.165, 1.54) is 38.5 Å². The van der Waals surface area contributed by atoms with Crippen LogP contribution >= 0.6 is 0 Å². The molecule has 0 saturated heterocycles. The lowest BCUT2D eigenvalue weighted by atomic mass is 9.81. The topological polar surface area (TPSA) is 63.3 Å². The van der Waals surface area contributed by atoms with Crippen LogP contribution in [0.15, 0.2) is 0 Å². The van der Waals surface area contributed by atoms with Crippen LogP contribution in [-0.2, 0) is 4.79 Å². The molecule has 1 aliphatic rings. The summed E-state index contributed by atoms with van der Waals surface area (Å²) in [7, 11) is 0. The van der Waals surface area contributed by atoms with Crippen LogP contribution in [-0.4, -0.2) is 17.6 Å². The van der Waals surface area contributed by atoms with Crippen LogP contribution in [0.25, 0.3) is 0 Å². The predicted molar refractivity (Wildman–Crippen MR) is 65.2 cm³/mol. The minimum Gasteiger partial charge on any atom is -0.481 e. The molecule has 0 spiro atoms. The summed E-state index contributed by atoms with van der Waals surface area (Å²) in [6.45, 7) is 2.44. The van der Waals surface area contributed by atoms with Gasteiger partial charge in [0.2, 0.25) is 0 Å². The lowest BCUT2D eigenvalue weighted by Crippen LogP contribution is -2.26. The molecule has 3 heteroatoms. The van der Waals surface area contributed by atoms with Crippen molar-refractivity contribution in [1.82, 2.24) is 0 Å². The average molecular weight is 227 g/mol. The fourth-order valence-electron chi connectivity index (χ4n) is 2.87. The summed E-state index contributed by atoms with van der Waals surface area (Å²) in [6.07, 6.45) is 8.69. The smallest absolute Gasteiger partial charge is 0.307 e. The van der Waals surface area contributed by atoms with Gasteiger partial charge in [-0.1, -0.05) is 39.0 Å². The van der Waals surface area contributed by atoms with E-state index in [2.05, 4.69) is 6.92 Å². The standard InChI is InChI=1S/C13H25NO2/c1-10(8-12(9-14)13(15)16)7-11-5-3-2-4-6-11/h10-12H,2-9,14H2,1H3,(H,15,16)/t10-,12-/m1/s1. The van der Waals surface area contributed by atoms with E-state index < -0.39 is 5.97 Å². The third kappa shape index (κ3) is 4.52. The Morgan fingerprint density at radius 1 is 1.38 bits per heavy atom. The van der Waals surface area contributed by atoms with Crippen molar-refractivity contribution in [2.45, 2.75) is 51.9 Å². The Kier molecular flexibility index (Phi) is 5.81. The van der Waals surface area contributed by atoms with Crippen molar-refractivity contribution in [2.24, 2.45) is 23.5 Å². The highest BCUT2D eigenvalue weighted by atomic mass is 16.4. The number of aliphatic carboxylic acids is 1. The Hall–Kier alpha value is -0.570. The zero-order chi connectivity index (χ0) is 12.0.